The van der Waals surface area contributed by atoms with E-state index >= 15 is 0 Å². The number of benzene rings is 2. The van der Waals surface area contributed by atoms with Crippen molar-refractivity contribution in [2.24, 2.45) is 0 Å². The summed E-state index contributed by atoms with van der Waals surface area (Å²) in [5, 5.41) is 15.0. The highest BCUT2D eigenvalue weighted by Gasteiger charge is 2.24. The predicted molar refractivity (Wildman–Crippen MR) is 161 cm³/mol. The van der Waals surface area contributed by atoms with E-state index in [1.165, 1.54) is 30.2 Å². The van der Waals surface area contributed by atoms with Crippen molar-refractivity contribution in [3.8, 4) is 16.9 Å². The van der Waals surface area contributed by atoms with Gasteiger partial charge in [-0.15, -0.1) is 21.5 Å². The minimum absolute atomic E-state index is 0.0778. The number of carbonyl (C=O) groups excluding carboxylic acids is 2. The van der Waals surface area contributed by atoms with E-state index in [1.807, 2.05) is 74.9 Å². The molecule has 0 radical (unpaired) electrons. The van der Waals surface area contributed by atoms with Crippen molar-refractivity contribution in [2.75, 3.05) is 18.2 Å². The van der Waals surface area contributed by atoms with Gasteiger partial charge in [-0.3, -0.25) is 4.79 Å². The number of esters is 1. The molecule has 2 aromatic carbocycles. The molecule has 1 atom stereocenters. The van der Waals surface area contributed by atoms with Crippen molar-refractivity contribution in [1.82, 2.24) is 14.8 Å². The van der Waals surface area contributed by atoms with Gasteiger partial charge in [0.25, 0.3) is 0 Å². The van der Waals surface area contributed by atoms with Gasteiger partial charge in [0.15, 0.2) is 17.1 Å². The number of anilines is 1. The molecule has 0 aliphatic carbocycles. The van der Waals surface area contributed by atoms with Crippen molar-refractivity contribution in [3.63, 3.8) is 0 Å². The topological polar surface area (TPSA) is 95.3 Å². The van der Waals surface area contributed by atoms with Crippen LogP contribution in [0.25, 0.3) is 11.1 Å². The van der Waals surface area contributed by atoms with Gasteiger partial charge in [-0.05, 0) is 63.4 Å². The summed E-state index contributed by atoms with van der Waals surface area (Å²) >= 11 is 8.86. The molecule has 1 amide bonds. The summed E-state index contributed by atoms with van der Waals surface area (Å²) in [6, 6.07) is 11.7. The smallest absolute Gasteiger partial charge is 0.341 e. The quantitative estimate of drug-likeness (QED) is 0.152. The average molecular weight is 599 g/mol. The van der Waals surface area contributed by atoms with E-state index in [0.717, 1.165) is 27.8 Å². The second-order valence-corrected chi connectivity index (χ2v) is 11.5. The number of methoxy groups -OCH3 is 1. The van der Waals surface area contributed by atoms with Crippen LogP contribution >= 0.6 is 34.7 Å². The highest BCUT2D eigenvalue weighted by atomic mass is 35.5. The monoisotopic (exact) mass is 598 g/mol. The van der Waals surface area contributed by atoms with Gasteiger partial charge < -0.3 is 19.4 Å². The molecule has 0 spiro atoms. The Morgan fingerprint density at radius 1 is 1.10 bits per heavy atom. The fourth-order valence-electron chi connectivity index (χ4n) is 4.22. The van der Waals surface area contributed by atoms with Crippen molar-refractivity contribution in [2.45, 2.75) is 52.4 Å². The zero-order valence-electron chi connectivity index (χ0n) is 23.2. The Balaban J connectivity index is 1.48. The van der Waals surface area contributed by atoms with E-state index < -0.39 is 12.1 Å². The minimum Gasteiger partial charge on any atom is -0.481 e. The molecule has 1 unspecified atom stereocenters. The summed E-state index contributed by atoms with van der Waals surface area (Å²) in [6.45, 7) is 10.4. The molecule has 40 heavy (non-hydrogen) atoms. The molecule has 0 aliphatic heterocycles. The molecular weight excluding hydrogens is 568 g/mol. The first-order valence-electron chi connectivity index (χ1n) is 12.7. The Kier molecular flexibility index (Phi) is 9.55. The number of nitrogens with zero attached hydrogens (tertiary/aromatic N) is 3. The highest BCUT2D eigenvalue weighted by Crippen LogP contribution is 2.38. The van der Waals surface area contributed by atoms with E-state index in [4.69, 9.17) is 21.1 Å². The summed E-state index contributed by atoms with van der Waals surface area (Å²) in [7, 11) is 1.33. The van der Waals surface area contributed by atoms with Crippen LogP contribution in [-0.4, -0.2) is 39.5 Å². The van der Waals surface area contributed by atoms with Gasteiger partial charge in [0, 0.05) is 17.5 Å². The fourth-order valence-corrected chi connectivity index (χ4v) is 6.16. The second-order valence-electron chi connectivity index (χ2n) is 9.28. The fraction of sp³-hybridized carbons (Fsp3) is 0.310. The molecular formula is C29H31ClN4O4S2. The molecule has 1 N–H and O–H groups in total. The summed E-state index contributed by atoms with van der Waals surface area (Å²) in [5.41, 5.74) is 5.15. The molecule has 0 saturated carbocycles. The first-order valence-corrected chi connectivity index (χ1v) is 14.9. The third kappa shape index (κ3) is 6.51. The molecule has 0 fully saturated rings. The Morgan fingerprint density at radius 3 is 2.55 bits per heavy atom. The molecule has 0 saturated heterocycles. The number of thiophene rings is 1. The van der Waals surface area contributed by atoms with Gasteiger partial charge in [-0.1, -0.05) is 53.2 Å². The minimum atomic E-state index is -0.502. The number of ether oxygens (including phenoxy) is 2. The van der Waals surface area contributed by atoms with Crippen molar-refractivity contribution < 1.29 is 19.1 Å². The van der Waals surface area contributed by atoms with Gasteiger partial charge in [-0.2, -0.15) is 0 Å². The van der Waals surface area contributed by atoms with Crippen LogP contribution in [0.3, 0.4) is 0 Å². The van der Waals surface area contributed by atoms with E-state index in [9.17, 15) is 9.59 Å². The molecule has 0 aliphatic rings. The van der Waals surface area contributed by atoms with Crippen LogP contribution in [0.15, 0.2) is 46.9 Å². The molecule has 2 heterocycles. The Labute approximate surface area is 247 Å². The van der Waals surface area contributed by atoms with Crippen LogP contribution in [0.5, 0.6) is 5.75 Å². The largest absolute Gasteiger partial charge is 0.481 e. The van der Waals surface area contributed by atoms with Crippen LogP contribution in [-0.2, 0) is 16.1 Å². The van der Waals surface area contributed by atoms with E-state index in [-0.39, 0.29) is 11.7 Å². The number of amides is 1. The van der Waals surface area contributed by atoms with Crippen LogP contribution in [0.1, 0.15) is 52.8 Å². The third-order valence-corrected chi connectivity index (χ3v) is 8.44. The number of hydrogen-bond acceptors (Lipinski definition) is 8. The van der Waals surface area contributed by atoms with Crippen LogP contribution in [0.2, 0.25) is 5.02 Å². The molecule has 2 aromatic heterocycles. The maximum absolute atomic E-state index is 13.0. The Hall–Kier alpha value is -3.34. The third-order valence-electron chi connectivity index (χ3n) is 6.26. The maximum Gasteiger partial charge on any atom is 0.341 e. The number of rotatable bonds is 10. The zero-order valence-corrected chi connectivity index (χ0v) is 25.6. The number of aryl methyl sites for hydroxylation is 3. The summed E-state index contributed by atoms with van der Waals surface area (Å²) < 4.78 is 13.1. The lowest BCUT2D eigenvalue weighted by Crippen LogP contribution is -2.17. The SMILES string of the molecule is CCn1c(SCC(=O)Nc2scc(-c3cc(C)ccc3C)c2C(=O)OC)nnc1C(C)Oc1cc(C)ccc1Cl. The summed E-state index contributed by atoms with van der Waals surface area (Å²) in [5.74, 6) is 0.512. The lowest BCUT2D eigenvalue weighted by molar-refractivity contribution is -0.113. The van der Waals surface area contributed by atoms with Gasteiger partial charge in [0.05, 0.1) is 17.9 Å². The van der Waals surface area contributed by atoms with E-state index in [2.05, 4.69) is 15.5 Å². The molecule has 11 heteroatoms. The van der Waals surface area contributed by atoms with Crippen LogP contribution in [0.4, 0.5) is 5.00 Å². The molecule has 4 rings (SSSR count). The molecule has 0 bridgehead atoms. The number of hydrogen-bond donors (Lipinski definition) is 1. The van der Waals surface area contributed by atoms with Crippen LogP contribution in [0, 0.1) is 20.8 Å². The number of aromatic nitrogens is 3. The van der Waals surface area contributed by atoms with Gasteiger partial charge in [-0.25, -0.2) is 4.79 Å². The predicted octanol–water partition coefficient (Wildman–Crippen LogP) is 7.26. The van der Waals surface area contributed by atoms with Crippen molar-refractivity contribution in [3.05, 3.63) is 74.9 Å². The number of nitrogens with one attached hydrogen (secondary N) is 1. The van der Waals surface area contributed by atoms with Gasteiger partial charge >= 0.3 is 5.97 Å². The molecule has 8 nitrogen and oxygen atoms in total. The zero-order chi connectivity index (χ0) is 29.0. The Bertz CT molecular complexity index is 1550. The van der Waals surface area contributed by atoms with Crippen molar-refractivity contribution >= 4 is 51.6 Å². The second kappa shape index (κ2) is 12.9. The van der Waals surface area contributed by atoms with E-state index in [0.29, 0.717) is 38.9 Å². The standard InChI is InChI=1S/C29H31ClN4O4S2/c1-7-34-26(19(5)38-23-13-17(3)9-11-22(23)30)32-33-29(34)40-15-24(35)31-27-25(28(36)37-6)21(14-39-27)20-12-16(2)8-10-18(20)4/h8-14,19H,7,15H2,1-6H3,(H,31,35). The summed E-state index contributed by atoms with van der Waals surface area (Å²) in [6.07, 6.45) is -0.410. The lowest BCUT2D eigenvalue weighted by atomic mass is 9.97. The first kappa shape index (κ1) is 29.6. The highest BCUT2D eigenvalue weighted by molar-refractivity contribution is 7.99. The average Bonchev–Trinajstić information content (AvgIpc) is 3.54. The van der Waals surface area contributed by atoms with Crippen molar-refractivity contribution in [1.29, 1.82) is 0 Å². The number of carbonyl (C=O) groups is 2. The number of thioether (sulfide) groups is 1. The van der Waals surface area contributed by atoms with E-state index in [1.54, 1.807) is 6.07 Å². The molecule has 4 aromatic rings. The van der Waals surface area contributed by atoms with Gasteiger partial charge in [0.1, 0.15) is 16.3 Å². The van der Waals surface area contributed by atoms with Gasteiger partial charge in [0.2, 0.25) is 5.91 Å². The lowest BCUT2D eigenvalue weighted by Gasteiger charge is -2.17. The maximum atomic E-state index is 13.0. The first-order chi connectivity index (χ1) is 19.1. The summed E-state index contributed by atoms with van der Waals surface area (Å²) in [4.78, 5) is 25.7. The normalized spacial score (nSPS) is 11.8. The van der Waals surface area contributed by atoms with Crippen LogP contribution < -0.4 is 10.1 Å². The Morgan fingerprint density at radius 2 is 1.82 bits per heavy atom. The molecule has 210 valence electrons. The number of halogens is 1.